The average molecular weight is 374 g/mol. The van der Waals surface area contributed by atoms with Crippen molar-refractivity contribution < 1.29 is 9.59 Å². The summed E-state index contributed by atoms with van der Waals surface area (Å²) in [6, 6.07) is 8.87. The summed E-state index contributed by atoms with van der Waals surface area (Å²) in [5, 5.41) is 3.02. The number of carbonyl (C=O) groups is 2. The lowest BCUT2D eigenvalue weighted by Crippen LogP contribution is -2.51. The van der Waals surface area contributed by atoms with Gasteiger partial charge in [-0.25, -0.2) is 4.79 Å². The molecule has 1 saturated heterocycles. The predicted octanol–water partition coefficient (Wildman–Crippen LogP) is 4.06. The summed E-state index contributed by atoms with van der Waals surface area (Å²) >= 11 is 0. The Kier molecular flexibility index (Phi) is 7.69. The predicted molar refractivity (Wildman–Crippen MR) is 109 cm³/mol. The van der Waals surface area contributed by atoms with Gasteiger partial charge < -0.3 is 15.1 Å². The van der Waals surface area contributed by atoms with Gasteiger partial charge in [0.1, 0.15) is 6.04 Å². The van der Waals surface area contributed by atoms with Crippen molar-refractivity contribution >= 4 is 11.9 Å². The lowest BCUT2D eigenvalue weighted by molar-refractivity contribution is -0.134. The molecule has 3 amide bonds. The van der Waals surface area contributed by atoms with Crippen LogP contribution in [0, 0.1) is 11.8 Å². The second-order valence-electron chi connectivity index (χ2n) is 8.07. The van der Waals surface area contributed by atoms with Gasteiger partial charge in [0.05, 0.1) is 0 Å². The maximum absolute atomic E-state index is 13.2. The fourth-order valence-corrected chi connectivity index (χ4v) is 3.53. The third-order valence-electron chi connectivity index (χ3n) is 5.80. The Morgan fingerprint density at radius 3 is 2.26 bits per heavy atom. The van der Waals surface area contributed by atoms with E-state index in [1.165, 1.54) is 0 Å². The Morgan fingerprint density at radius 1 is 1.15 bits per heavy atom. The van der Waals surface area contributed by atoms with E-state index in [2.05, 4.69) is 33.0 Å². The minimum absolute atomic E-state index is 0.00490. The van der Waals surface area contributed by atoms with Crippen molar-refractivity contribution in [2.75, 3.05) is 19.6 Å². The minimum atomic E-state index is -0.638. The van der Waals surface area contributed by atoms with Crippen LogP contribution in [0.5, 0.6) is 0 Å². The number of nitrogens with one attached hydrogen (secondary N) is 1. The standard InChI is InChI=1S/C22H35N3O2/c1-6-25(18(5)16(2)3)22(27)23-20(19-10-8-7-9-11-19)21(26)24-14-12-17(4)13-15-24/h7-11,16-18,20H,6,12-15H2,1-5H3,(H,23,27). The molecule has 1 aliphatic rings. The van der Waals surface area contributed by atoms with Crippen LogP contribution >= 0.6 is 0 Å². The van der Waals surface area contributed by atoms with E-state index < -0.39 is 6.04 Å². The molecule has 1 N–H and O–H groups in total. The highest BCUT2D eigenvalue weighted by atomic mass is 16.2. The smallest absolute Gasteiger partial charge is 0.318 e. The lowest BCUT2D eigenvalue weighted by Gasteiger charge is -2.35. The highest BCUT2D eigenvalue weighted by Gasteiger charge is 2.31. The number of urea groups is 1. The van der Waals surface area contributed by atoms with Gasteiger partial charge in [-0.15, -0.1) is 0 Å². The Hall–Kier alpha value is -2.04. The molecule has 150 valence electrons. The van der Waals surface area contributed by atoms with Crippen LogP contribution in [-0.4, -0.2) is 47.4 Å². The number of rotatable bonds is 6. The summed E-state index contributed by atoms with van der Waals surface area (Å²) in [4.78, 5) is 30.0. The molecule has 0 aromatic heterocycles. The fraction of sp³-hybridized carbons (Fsp3) is 0.636. The molecule has 0 radical (unpaired) electrons. The summed E-state index contributed by atoms with van der Waals surface area (Å²) in [7, 11) is 0. The molecule has 1 heterocycles. The van der Waals surface area contributed by atoms with E-state index in [0.29, 0.717) is 18.4 Å². The zero-order valence-corrected chi connectivity index (χ0v) is 17.4. The minimum Gasteiger partial charge on any atom is -0.341 e. The first kappa shape index (κ1) is 21.3. The number of amides is 3. The second-order valence-corrected chi connectivity index (χ2v) is 8.07. The Labute approximate surface area is 164 Å². The van der Waals surface area contributed by atoms with Crippen LogP contribution in [0.4, 0.5) is 4.79 Å². The van der Waals surface area contributed by atoms with Crippen LogP contribution in [0.15, 0.2) is 30.3 Å². The van der Waals surface area contributed by atoms with Gasteiger partial charge >= 0.3 is 6.03 Å². The summed E-state index contributed by atoms with van der Waals surface area (Å²) < 4.78 is 0. The van der Waals surface area contributed by atoms with Crippen molar-refractivity contribution in [1.29, 1.82) is 0 Å². The molecule has 2 rings (SSSR count). The number of piperidine rings is 1. The molecule has 5 nitrogen and oxygen atoms in total. The number of nitrogens with zero attached hydrogens (tertiary/aromatic N) is 2. The van der Waals surface area contributed by atoms with Crippen LogP contribution in [0.1, 0.15) is 59.1 Å². The van der Waals surface area contributed by atoms with Gasteiger partial charge in [0.15, 0.2) is 0 Å². The zero-order valence-electron chi connectivity index (χ0n) is 17.4. The Bertz CT molecular complexity index is 609. The van der Waals surface area contributed by atoms with E-state index in [9.17, 15) is 9.59 Å². The van der Waals surface area contributed by atoms with Gasteiger partial charge in [0.2, 0.25) is 5.91 Å². The molecule has 0 bridgehead atoms. The second kappa shape index (κ2) is 9.77. The number of benzene rings is 1. The third-order valence-corrected chi connectivity index (χ3v) is 5.80. The van der Waals surface area contributed by atoms with E-state index in [1.807, 2.05) is 47.1 Å². The summed E-state index contributed by atoms with van der Waals surface area (Å²) in [5.74, 6) is 1.00. The van der Waals surface area contributed by atoms with Crippen LogP contribution in [-0.2, 0) is 4.79 Å². The molecule has 1 aliphatic heterocycles. The van der Waals surface area contributed by atoms with E-state index in [0.717, 1.165) is 31.5 Å². The van der Waals surface area contributed by atoms with E-state index in [1.54, 1.807) is 0 Å². The zero-order chi connectivity index (χ0) is 20.0. The molecule has 5 heteroatoms. The molecular formula is C22H35N3O2. The van der Waals surface area contributed by atoms with Gasteiger partial charge in [0, 0.05) is 25.7 Å². The molecule has 1 aromatic rings. The number of hydrogen-bond donors (Lipinski definition) is 1. The van der Waals surface area contributed by atoms with Crippen LogP contribution in [0.3, 0.4) is 0 Å². The lowest BCUT2D eigenvalue weighted by atomic mass is 9.97. The van der Waals surface area contributed by atoms with E-state index in [4.69, 9.17) is 0 Å². The van der Waals surface area contributed by atoms with Gasteiger partial charge in [-0.05, 0) is 44.1 Å². The van der Waals surface area contributed by atoms with Crippen LogP contribution in [0.25, 0.3) is 0 Å². The van der Waals surface area contributed by atoms with Crippen molar-refractivity contribution in [2.24, 2.45) is 11.8 Å². The van der Waals surface area contributed by atoms with Gasteiger partial charge in [-0.1, -0.05) is 51.1 Å². The topological polar surface area (TPSA) is 52.7 Å². The van der Waals surface area contributed by atoms with Crippen molar-refractivity contribution in [2.45, 2.75) is 59.5 Å². The quantitative estimate of drug-likeness (QED) is 0.817. The number of hydrogen-bond acceptors (Lipinski definition) is 2. The van der Waals surface area contributed by atoms with Crippen LogP contribution in [0.2, 0.25) is 0 Å². The molecule has 0 aliphatic carbocycles. The van der Waals surface area contributed by atoms with Crippen molar-refractivity contribution in [3.05, 3.63) is 35.9 Å². The maximum atomic E-state index is 13.2. The van der Waals surface area contributed by atoms with Crippen molar-refractivity contribution in [3.8, 4) is 0 Å². The third kappa shape index (κ3) is 5.47. The molecule has 0 spiro atoms. The SMILES string of the molecule is CCN(C(=O)NC(C(=O)N1CCC(C)CC1)c1ccccc1)C(C)C(C)C. The van der Waals surface area contributed by atoms with Crippen molar-refractivity contribution in [1.82, 2.24) is 15.1 Å². The molecule has 1 fully saturated rings. The summed E-state index contributed by atoms with van der Waals surface area (Å²) in [5.41, 5.74) is 0.836. The molecular weight excluding hydrogens is 338 g/mol. The van der Waals surface area contributed by atoms with Gasteiger partial charge in [-0.3, -0.25) is 4.79 Å². The Balaban J connectivity index is 2.20. The molecule has 2 atom stereocenters. The molecule has 1 aromatic carbocycles. The fourth-order valence-electron chi connectivity index (χ4n) is 3.53. The highest BCUT2D eigenvalue weighted by Crippen LogP contribution is 2.22. The van der Waals surface area contributed by atoms with E-state index >= 15 is 0 Å². The Morgan fingerprint density at radius 2 is 1.74 bits per heavy atom. The summed E-state index contributed by atoms with van der Waals surface area (Å²) in [6.07, 6.45) is 2.04. The largest absolute Gasteiger partial charge is 0.341 e. The summed E-state index contributed by atoms with van der Waals surface area (Å²) in [6.45, 7) is 12.6. The van der Waals surface area contributed by atoms with Gasteiger partial charge in [-0.2, -0.15) is 0 Å². The first-order valence-electron chi connectivity index (χ1n) is 10.3. The highest BCUT2D eigenvalue weighted by molar-refractivity contribution is 5.88. The average Bonchev–Trinajstić information content (AvgIpc) is 2.67. The van der Waals surface area contributed by atoms with E-state index in [-0.39, 0.29) is 18.0 Å². The molecule has 0 saturated carbocycles. The molecule has 27 heavy (non-hydrogen) atoms. The number of carbonyl (C=O) groups excluding carboxylic acids is 2. The molecule has 2 unspecified atom stereocenters. The number of likely N-dealkylation sites (tertiary alicyclic amines) is 1. The first-order chi connectivity index (χ1) is 12.8. The van der Waals surface area contributed by atoms with Gasteiger partial charge in [0.25, 0.3) is 0 Å². The first-order valence-corrected chi connectivity index (χ1v) is 10.3. The maximum Gasteiger partial charge on any atom is 0.318 e. The van der Waals surface area contributed by atoms with Crippen molar-refractivity contribution in [3.63, 3.8) is 0 Å². The normalized spacial score (nSPS) is 17.5. The van der Waals surface area contributed by atoms with Crippen LogP contribution < -0.4 is 5.32 Å². The monoisotopic (exact) mass is 373 g/mol.